The number of thiazole rings is 1. The fourth-order valence-electron chi connectivity index (χ4n) is 2.79. The van der Waals surface area contributed by atoms with Crippen LogP contribution in [0.15, 0.2) is 42.0 Å². The molecule has 4 rings (SSSR count). The Balaban J connectivity index is 1.43. The third kappa shape index (κ3) is 3.38. The summed E-state index contributed by atoms with van der Waals surface area (Å²) in [7, 11) is 0. The highest BCUT2D eigenvalue weighted by Crippen LogP contribution is 2.25. The van der Waals surface area contributed by atoms with E-state index in [1.165, 1.54) is 0 Å². The Labute approximate surface area is 144 Å². The van der Waals surface area contributed by atoms with Gasteiger partial charge >= 0.3 is 0 Å². The molecular formula is C17H19N5OS. The normalized spacial score (nSPS) is 18.8. The topological polar surface area (TPSA) is 56.1 Å². The molecule has 6 nitrogen and oxygen atoms in total. The van der Waals surface area contributed by atoms with E-state index in [0.29, 0.717) is 6.61 Å². The number of aryl methyl sites for hydroxylation is 1. The van der Waals surface area contributed by atoms with E-state index in [0.717, 1.165) is 41.8 Å². The molecule has 1 unspecified atom stereocenters. The second-order valence-electron chi connectivity index (χ2n) is 5.86. The minimum atomic E-state index is 0.0497. The summed E-state index contributed by atoms with van der Waals surface area (Å²) in [5.41, 5.74) is 2.08. The zero-order valence-corrected chi connectivity index (χ0v) is 14.3. The molecule has 24 heavy (non-hydrogen) atoms. The standard InChI is InChI=1S/C17H19N5OS/c1-13-11-24-17(19-13)15-9-21(7-8-23-15)10-16-18-12-22(20-16)14-5-3-2-4-6-14/h2-6,11-12,15H,7-10H2,1H3. The molecule has 3 heterocycles. The minimum Gasteiger partial charge on any atom is -0.368 e. The zero-order chi connectivity index (χ0) is 16.4. The number of hydrogen-bond donors (Lipinski definition) is 0. The van der Waals surface area contributed by atoms with Crippen LogP contribution in [0, 0.1) is 6.92 Å². The van der Waals surface area contributed by atoms with Crippen molar-refractivity contribution in [2.24, 2.45) is 0 Å². The summed E-state index contributed by atoms with van der Waals surface area (Å²) in [5, 5.41) is 7.71. The second-order valence-corrected chi connectivity index (χ2v) is 6.75. The average molecular weight is 341 g/mol. The van der Waals surface area contributed by atoms with Gasteiger partial charge in [-0.15, -0.1) is 16.4 Å². The molecule has 1 aliphatic heterocycles. The SMILES string of the molecule is Cc1csc(C2CN(Cc3ncn(-c4ccccc4)n3)CCO2)n1. The van der Waals surface area contributed by atoms with E-state index in [-0.39, 0.29) is 6.10 Å². The average Bonchev–Trinajstić information content (AvgIpc) is 3.25. The van der Waals surface area contributed by atoms with Crippen LogP contribution in [-0.4, -0.2) is 44.3 Å². The van der Waals surface area contributed by atoms with E-state index >= 15 is 0 Å². The number of rotatable bonds is 4. The molecule has 0 spiro atoms. The molecule has 1 aliphatic rings. The molecule has 0 amide bonds. The van der Waals surface area contributed by atoms with Crippen molar-refractivity contribution in [1.82, 2.24) is 24.6 Å². The summed E-state index contributed by atoms with van der Waals surface area (Å²) in [6.45, 7) is 5.17. The van der Waals surface area contributed by atoms with Gasteiger partial charge in [0.25, 0.3) is 0 Å². The lowest BCUT2D eigenvalue weighted by Gasteiger charge is -2.31. The van der Waals surface area contributed by atoms with Crippen LogP contribution in [0.25, 0.3) is 5.69 Å². The third-order valence-electron chi connectivity index (χ3n) is 3.99. The first-order valence-corrected chi connectivity index (χ1v) is 8.88. The van der Waals surface area contributed by atoms with Crippen molar-refractivity contribution in [3.8, 4) is 5.69 Å². The lowest BCUT2D eigenvalue weighted by atomic mass is 10.3. The van der Waals surface area contributed by atoms with Gasteiger partial charge in [-0.3, -0.25) is 4.90 Å². The lowest BCUT2D eigenvalue weighted by molar-refractivity contribution is -0.0337. The molecular weight excluding hydrogens is 322 g/mol. The molecule has 0 radical (unpaired) electrons. The van der Waals surface area contributed by atoms with Gasteiger partial charge in [0.1, 0.15) is 17.4 Å². The Morgan fingerprint density at radius 1 is 1.29 bits per heavy atom. The van der Waals surface area contributed by atoms with Gasteiger partial charge in [-0.25, -0.2) is 14.6 Å². The summed E-state index contributed by atoms with van der Waals surface area (Å²) < 4.78 is 7.70. The van der Waals surface area contributed by atoms with E-state index in [4.69, 9.17) is 4.74 Å². The monoisotopic (exact) mass is 341 g/mol. The van der Waals surface area contributed by atoms with Crippen LogP contribution in [0.3, 0.4) is 0 Å². The Morgan fingerprint density at radius 3 is 2.96 bits per heavy atom. The molecule has 3 aromatic rings. The van der Waals surface area contributed by atoms with Crippen molar-refractivity contribution in [2.75, 3.05) is 19.7 Å². The highest BCUT2D eigenvalue weighted by atomic mass is 32.1. The number of ether oxygens (including phenoxy) is 1. The molecule has 1 saturated heterocycles. The zero-order valence-electron chi connectivity index (χ0n) is 13.5. The van der Waals surface area contributed by atoms with E-state index in [2.05, 4.69) is 25.3 Å². The largest absolute Gasteiger partial charge is 0.368 e. The van der Waals surface area contributed by atoms with Crippen LogP contribution >= 0.6 is 11.3 Å². The van der Waals surface area contributed by atoms with Crippen molar-refractivity contribution >= 4 is 11.3 Å². The van der Waals surface area contributed by atoms with E-state index in [1.807, 2.05) is 41.9 Å². The molecule has 0 aliphatic carbocycles. The Hall–Kier alpha value is -2.09. The van der Waals surface area contributed by atoms with Gasteiger partial charge in [0, 0.05) is 24.2 Å². The van der Waals surface area contributed by atoms with Gasteiger partial charge in [-0.1, -0.05) is 18.2 Å². The molecule has 1 aromatic carbocycles. The van der Waals surface area contributed by atoms with Crippen LogP contribution in [-0.2, 0) is 11.3 Å². The molecule has 0 N–H and O–H groups in total. The number of aromatic nitrogens is 4. The predicted octanol–water partition coefficient (Wildman–Crippen LogP) is 2.61. The Bertz CT molecular complexity index is 800. The molecule has 1 atom stereocenters. The maximum Gasteiger partial charge on any atom is 0.164 e. The molecule has 7 heteroatoms. The summed E-state index contributed by atoms with van der Waals surface area (Å²) >= 11 is 1.67. The van der Waals surface area contributed by atoms with E-state index < -0.39 is 0 Å². The number of benzene rings is 1. The second kappa shape index (κ2) is 6.80. The van der Waals surface area contributed by atoms with Gasteiger partial charge in [-0.05, 0) is 19.1 Å². The number of morpholine rings is 1. The quantitative estimate of drug-likeness (QED) is 0.730. The van der Waals surface area contributed by atoms with Crippen LogP contribution < -0.4 is 0 Å². The fourth-order valence-corrected chi connectivity index (χ4v) is 3.63. The Morgan fingerprint density at radius 2 is 2.17 bits per heavy atom. The fraction of sp³-hybridized carbons (Fsp3) is 0.353. The summed E-state index contributed by atoms with van der Waals surface area (Å²) in [6, 6.07) is 10.0. The molecule has 0 bridgehead atoms. The minimum absolute atomic E-state index is 0.0497. The van der Waals surface area contributed by atoms with Crippen LogP contribution in [0.1, 0.15) is 22.6 Å². The van der Waals surface area contributed by atoms with E-state index in [1.54, 1.807) is 17.7 Å². The van der Waals surface area contributed by atoms with Crippen molar-refractivity contribution in [3.05, 3.63) is 58.6 Å². The lowest BCUT2D eigenvalue weighted by Crippen LogP contribution is -2.38. The van der Waals surface area contributed by atoms with Gasteiger partial charge in [0.05, 0.1) is 18.8 Å². The highest BCUT2D eigenvalue weighted by Gasteiger charge is 2.25. The number of hydrogen-bond acceptors (Lipinski definition) is 6. The van der Waals surface area contributed by atoms with Crippen molar-refractivity contribution in [1.29, 1.82) is 0 Å². The first-order chi connectivity index (χ1) is 11.8. The van der Waals surface area contributed by atoms with Crippen LogP contribution in [0.5, 0.6) is 0 Å². The van der Waals surface area contributed by atoms with Crippen LogP contribution in [0.2, 0.25) is 0 Å². The van der Waals surface area contributed by atoms with Gasteiger partial charge in [0.2, 0.25) is 0 Å². The summed E-state index contributed by atoms with van der Waals surface area (Å²) in [6.07, 6.45) is 1.82. The van der Waals surface area contributed by atoms with Gasteiger partial charge in [-0.2, -0.15) is 0 Å². The predicted molar refractivity (Wildman–Crippen MR) is 92.2 cm³/mol. The molecule has 0 saturated carbocycles. The summed E-state index contributed by atoms with van der Waals surface area (Å²) in [5.74, 6) is 0.829. The summed E-state index contributed by atoms with van der Waals surface area (Å²) in [4.78, 5) is 11.3. The number of para-hydroxylation sites is 1. The maximum atomic E-state index is 5.88. The Kier molecular flexibility index (Phi) is 4.38. The van der Waals surface area contributed by atoms with E-state index in [9.17, 15) is 0 Å². The van der Waals surface area contributed by atoms with Crippen molar-refractivity contribution in [3.63, 3.8) is 0 Å². The molecule has 1 fully saturated rings. The van der Waals surface area contributed by atoms with Crippen LogP contribution in [0.4, 0.5) is 0 Å². The molecule has 2 aromatic heterocycles. The first kappa shape index (κ1) is 15.4. The highest BCUT2D eigenvalue weighted by molar-refractivity contribution is 7.09. The third-order valence-corrected chi connectivity index (χ3v) is 5.04. The smallest absolute Gasteiger partial charge is 0.164 e. The van der Waals surface area contributed by atoms with Crippen molar-refractivity contribution in [2.45, 2.75) is 19.6 Å². The molecule has 124 valence electrons. The maximum absolute atomic E-state index is 5.88. The van der Waals surface area contributed by atoms with Gasteiger partial charge in [0.15, 0.2) is 5.82 Å². The first-order valence-electron chi connectivity index (χ1n) is 8.00. The van der Waals surface area contributed by atoms with Crippen molar-refractivity contribution < 1.29 is 4.74 Å². The number of nitrogens with zero attached hydrogens (tertiary/aromatic N) is 5. The van der Waals surface area contributed by atoms with Gasteiger partial charge < -0.3 is 4.74 Å².